The van der Waals surface area contributed by atoms with E-state index in [0.717, 1.165) is 42.9 Å². The number of aryl methyl sites for hydroxylation is 2. The summed E-state index contributed by atoms with van der Waals surface area (Å²) in [6, 6.07) is 5.85. The predicted molar refractivity (Wildman–Crippen MR) is 108 cm³/mol. The lowest BCUT2D eigenvalue weighted by molar-refractivity contribution is -0.122. The third kappa shape index (κ3) is 3.58. The molecule has 1 N–H and O–H groups in total. The van der Waals surface area contributed by atoms with Gasteiger partial charge in [-0.05, 0) is 51.3 Å². The molecule has 1 saturated carbocycles. The molecule has 2 aromatic rings. The number of carbonyl (C=O) groups is 1. The summed E-state index contributed by atoms with van der Waals surface area (Å²) in [6.07, 6.45) is 2.02. The van der Waals surface area contributed by atoms with E-state index in [1.54, 1.807) is 12.1 Å². The zero-order valence-corrected chi connectivity index (χ0v) is 17.2. The first kappa shape index (κ1) is 19.5. The number of amides is 1. The number of carbonyl (C=O) groups excluding carboxylic acids is 1. The number of nitrogens with zero attached hydrogens (tertiary/aromatic N) is 2. The maximum absolute atomic E-state index is 14.1. The topological polar surface area (TPSA) is 76.8 Å². The van der Waals surface area contributed by atoms with Crippen LogP contribution in [0, 0.1) is 13.8 Å². The van der Waals surface area contributed by atoms with Crippen LogP contribution in [0.15, 0.2) is 22.7 Å². The van der Waals surface area contributed by atoms with E-state index >= 15 is 0 Å². The maximum atomic E-state index is 14.1. The van der Waals surface area contributed by atoms with E-state index in [9.17, 15) is 9.18 Å². The molecule has 1 aliphatic carbocycles. The number of halogens is 1. The molecule has 3 fully saturated rings. The van der Waals surface area contributed by atoms with Crippen molar-refractivity contribution in [1.82, 2.24) is 10.1 Å². The Morgan fingerprint density at radius 2 is 2.23 bits per heavy atom. The Bertz CT molecular complexity index is 952. The number of nitrogens with one attached hydrogen (secondary N) is 1. The average molecular weight is 415 g/mol. The third-order valence-electron chi connectivity index (χ3n) is 6.29. The number of aromatic nitrogens is 1. The minimum atomic E-state index is -1.73. The van der Waals surface area contributed by atoms with E-state index in [0.29, 0.717) is 35.9 Å². The molecule has 1 aromatic heterocycles. The fourth-order valence-electron chi connectivity index (χ4n) is 4.40. The zero-order chi connectivity index (χ0) is 20.9. The molecule has 0 spiro atoms. The molecule has 8 heteroatoms. The van der Waals surface area contributed by atoms with Crippen LogP contribution in [0.1, 0.15) is 30.7 Å². The first-order chi connectivity index (χ1) is 14.4. The number of benzene rings is 1. The highest BCUT2D eigenvalue weighted by Crippen LogP contribution is 2.42. The summed E-state index contributed by atoms with van der Waals surface area (Å²) >= 11 is 0. The van der Waals surface area contributed by atoms with E-state index in [1.807, 2.05) is 19.9 Å². The Hall–Kier alpha value is -2.45. The number of fused-ring (bicyclic) bond motifs is 2. The molecule has 3 aliphatic rings. The molecule has 2 saturated heterocycles. The highest BCUT2D eigenvalue weighted by atomic mass is 19.1. The van der Waals surface area contributed by atoms with Gasteiger partial charge in [-0.3, -0.25) is 9.69 Å². The van der Waals surface area contributed by atoms with Gasteiger partial charge in [-0.15, -0.1) is 0 Å². The molecule has 5 rings (SSSR count). The number of anilines is 1. The Morgan fingerprint density at radius 3 is 2.87 bits per heavy atom. The van der Waals surface area contributed by atoms with Gasteiger partial charge in [0.05, 0.1) is 24.0 Å². The standard InChI is InChI=1S/C22H26FN3O4/c1-13-20(14(2)30-25-13)18-9-15(24-21(27)22(23)5-6-22)3-4-19(18)28-8-7-26-11-17-10-16(26)12-29-17/h3-4,9,16-17H,5-8,10-12H2,1-2H3,(H,24,27)/t16-,17-/m0/s1. The number of hydrogen-bond acceptors (Lipinski definition) is 6. The Labute approximate surface area is 174 Å². The third-order valence-corrected chi connectivity index (χ3v) is 6.29. The van der Waals surface area contributed by atoms with Crippen molar-refractivity contribution in [2.75, 3.05) is 31.6 Å². The van der Waals surface area contributed by atoms with Gasteiger partial charge in [0.2, 0.25) is 0 Å². The van der Waals surface area contributed by atoms with Crippen molar-refractivity contribution in [1.29, 1.82) is 0 Å². The van der Waals surface area contributed by atoms with Crippen molar-refractivity contribution in [3.63, 3.8) is 0 Å². The fraction of sp³-hybridized carbons (Fsp3) is 0.545. The van der Waals surface area contributed by atoms with Crippen molar-refractivity contribution in [3.8, 4) is 16.9 Å². The van der Waals surface area contributed by atoms with Gasteiger partial charge in [-0.2, -0.15) is 0 Å². The number of likely N-dealkylation sites (tertiary alicyclic amines) is 1. The van der Waals surface area contributed by atoms with Gasteiger partial charge >= 0.3 is 0 Å². The van der Waals surface area contributed by atoms with E-state index in [4.69, 9.17) is 14.0 Å². The van der Waals surface area contributed by atoms with Gasteiger partial charge in [0, 0.05) is 30.4 Å². The van der Waals surface area contributed by atoms with Crippen molar-refractivity contribution in [3.05, 3.63) is 29.7 Å². The van der Waals surface area contributed by atoms with Crippen LogP contribution in [-0.2, 0) is 9.53 Å². The lowest BCUT2D eigenvalue weighted by atomic mass is 10.0. The second kappa shape index (κ2) is 7.35. The first-order valence-corrected chi connectivity index (χ1v) is 10.5. The van der Waals surface area contributed by atoms with Crippen molar-refractivity contribution in [2.45, 2.75) is 50.9 Å². The number of morpholine rings is 1. The molecule has 160 valence electrons. The predicted octanol–water partition coefficient (Wildman–Crippen LogP) is 3.25. The minimum Gasteiger partial charge on any atom is -0.492 e. The normalized spacial score (nSPS) is 24.2. The van der Waals surface area contributed by atoms with Crippen LogP contribution in [0.25, 0.3) is 11.1 Å². The van der Waals surface area contributed by atoms with Crippen LogP contribution >= 0.6 is 0 Å². The van der Waals surface area contributed by atoms with Crippen LogP contribution in [-0.4, -0.2) is 60.1 Å². The fourth-order valence-corrected chi connectivity index (χ4v) is 4.40. The Balaban J connectivity index is 1.35. The van der Waals surface area contributed by atoms with E-state index in [-0.39, 0.29) is 12.8 Å². The number of hydrogen-bond donors (Lipinski definition) is 1. The molecular formula is C22H26FN3O4. The maximum Gasteiger partial charge on any atom is 0.262 e. The van der Waals surface area contributed by atoms with Gasteiger partial charge in [-0.1, -0.05) is 5.16 Å². The van der Waals surface area contributed by atoms with Gasteiger partial charge in [0.15, 0.2) is 5.67 Å². The minimum absolute atomic E-state index is 0.278. The van der Waals surface area contributed by atoms with Crippen LogP contribution < -0.4 is 10.1 Å². The zero-order valence-electron chi connectivity index (χ0n) is 17.2. The Morgan fingerprint density at radius 1 is 1.40 bits per heavy atom. The number of alkyl halides is 1. The SMILES string of the molecule is Cc1noc(C)c1-c1cc(NC(=O)C2(F)CC2)ccc1OCCN1C[C@@H]2C[C@H]1CO2. The number of rotatable bonds is 7. The van der Waals surface area contributed by atoms with E-state index in [1.165, 1.54) is 0 Å². The molecule has 0 unspecified atom stereocenters. The summed E-state index contributed by atoms with van der Waals surface area (Å²) in [7, 11) is 0. The monoisotopic (exact) mass is 415 g/mol. The molecule has 0 radical (unpaired) electrons. The summed E-state index contributed by atoms with van der Waals surface area (Å²) in [5, 5.41) is 6.73. The van der Waals surface area contributed by atoms with Gasteiger partial charge in [0.25, 0.3) is 5.91 Å². The molecule has 7 nitrogen and oxygen atoms in total. The van der Waals surface area contributed by atoms with E-state index < -0.39 is 11.6 Å². The molecule has 2 bridgehead atoms. The summed E-state index contributed by atoms with van der Waals surface area (Å²) in [5.74, 6) is 0.760. The molecule has 2 aliphatic heterocycles. The second-order valence-electron chi connectivity index (χ2n) is 8.52. The lowest BCUT2D eigenvalue weighted by Crippen LogP contribution is -2.39. The lowest BCUT2D eigenvalue weighted by Gasteiger charge is -2.26. The van der Waals surface area contributed by atoms with Crippen molar-refractivity contribution >= 4 is 11.6 Å². The summed E-state index contributed by atoms with van der Waals surface area (Å²) in [4.78, 5) is 14.5. The van der Waals surface area contributed by atoms with Crippen LogP contribution in [0.2, 0.25) is 0 Å². The number of ether oxygens (including phenoxy) is 2. The smallest absolute Gasteiger partial charge is 0.262 e. The molecular weight excluding hydrogens is 389 g/mol. The van der Waals surface area contributed by atoms with Gasteiger partial charge < -0.3 is 19.3 Å². The average Bonchev–Trinajstić information content (AvgIpc) is 3.05. The highest BCUT2D eigenvalue weighted by Gasteiger charge is 2.50. The Kier molecular flexibility index (Phi) is 4.78. The molecule has 1 aromatic carbocycles. The summed E-state index contributed by atoms with van der Waals surface area (Å²) in [6.45, 7) is 6.84. The second-order valence-corrected chi connectivity index (χ2v) is 8.52. The molecule has 2 atom stereocenters. The van der Waals surface area contributed by atoms with Crippen LogP contribution in [0.4, 0.5) is 10.1 Å². The molecule has 1 amide bonds. The summed E-state index contributed by atoms with van der Waals surface area (Å²) in [5.41, 5.74) is 1.14. The largest absolute Gasteiger partial charge is 0.492 e. The molecule has 30 heavy (non-hydrogen) atoms. The van der Waals surface area contributed by atoms with Gasteiger partial charge in [0.1, 0.15) is 18.1 Å². The first-order valence-electron chi connectivity index (χ1n) is 10.5. The highest BCUT2D eigenvalue weighted by molar-refractivity contribution is 6.00. The van der Waals surface area contributed by atoms with E-state index in [2.05, 4.69) is 15.4 Å². The quantitative estimate of drug-likeness (QED) is 0.748. The van der Waals surface area contributed by atoms with Gasteiger partial charge in [-0.25, -0.2) is 4.39 Å². The van der Waals surface area contributed by atoms with Crippen molar-refractivity contribution < 1.29 is 23.2 Å². The molecule has 3 heterocycles. The van der Waals surface area contributed by atoms with Crippen LogP contribution in [0.3, 0.4) is 0 Å². The van der Waals surface area contributed by atoms with Crippen LogP contribution in [0.5, 0.6) is 5.75 Å². The van der Waals surface area contributed by atoms with Crippen molar-refractivity contribution in [2.24, 2.45) is 0 Å². The summed E-state index contributed by atoms with van der Waals surface area (Å²) < 4.78 is 31.2.